The van der Waals surface area contributed by atoms with Gasteiger partial charge in [0.1, 0.15) is 18.3 Å². The second-order valence-corrected chi connectivity index (χ2v) is 3.51. The van der Waals surface area contributed by atoms with E-state index >= 15 is 0 Å². The zero-order chi connectivity index (χ0) is 10.0. The smallest absolute Gasteiger partial charge is 0.111 e. The van der Waals surface area contributed by atoms with Crippen LogP contribution in [0, 0.1) is 0 Å². The third kappa shape index (κ3) is 2.62. The average molecular weight is 192 g/mol. The molecule has 0 aliphatic carbocycles. The molecule has 0 saturated carbocycles. The quantitative estimate of drug-likeness (QED) is 0.416. The molecule has 1 saturated heterocycles. The van der Waals surface area contributed by atoms with E-state index in [-0.39, 0.29) is 13.0 Å². The maximum Gasteiger partial charge on any atom is 0.111 e. The molecular formula is C8H16O5. The number of aliphatic hydroxyl groups excluding tert-OH is 4. The summed E-state index contributed by atoms with van der Waals surface area (Å²) in [7, 11) is 0. The largest absolute Gasteiger partial charge is 0.393 e. The lowest BCUT2D eigenvalue weighted by molar-refractivity contribution is -0.192. The van der Waals surface area contributed by atoms with Gasteiger partial charge < -0.3 is 25.2 Å². The standard InChI is InChI=1S/C8H16O5/c1-4(9)2-6-8(12)7(11)5(10)3-13-6/h4-12H,2-3H2,1H3/t4-,5?,6?,7?,8?/m0/s1. The van der Waals surface area contributed by atoms with Crippen LogP contribution in [0.2, 0.25) is 0 Å². The molecule has 0 aromatic heterocycles. The lowest BCUT2D eigenvalue weighted by atomic mass is 9.96. The highest BCUT2D eigenvalue weighted by Crippen LogP contribution is 2.19. The summed E-state index contributed by atoms with van der Waals surface area (Å²) in [5, 5.41) is 36.8. The molecule has 4 unspecified atom stereocenters. The van der Waals surface area contributed by atoms with E-state index in [0.717, 1.165) is 0 Å². The van der Waals surface area contributed by atoms with E-state index in [1.807, 2.05) is 0 Å². The highest BCUT2D eigenvalue weighted by atomic mass is 16.5. The minimum Gasteiger partial charge on any atom is -0.393 e. The van der Waals surface area contributed by atoms with Crippen molar-refractivity contribution >= 4 is 0 Å². The van der Waals surface area contributed by atoms with E-state index in [2.05, 4.69) is 0 Å². The van der Waals surface area contributed by atoms with Crippen molar-refractivity contribution in [2.75, 3.05) is 6.61 Å². The molecule has 1 aliphatic rings. The van der Waals surface area contributed by atoms with Gasteiger partial charge in [0.15, 0.2) is 0 Å². The van der Waals surface area contributed by atoms with E-state index in [1.54, 1.807) is 6.92 Å². The molecule has 4 N–H and O–H groups in total. The number of hydrogen-bond donors (Lipinski definition) is 4. The van der Waals surface area contributed by atoms with Crippen molar-refractivity contribution in [1.82, 2.24) is 0 Å². The zero-order valence-corrected chi connectivity index (χ0v) is 7.50. The Hall–Kier alpha value is -0.200. The summed E-state index contributed by atoms with van der Waals surface area (Å²) in [6, 6.07) is 0. The summed E-state index contributed by atoms with van der Waals surface area (Å²) in [4.78, 5) is 0. The average Bonchev–Trinajstić information content (AvgIpc) is 2.06. The molecule has 13 heavy (non-hydrogen) atoms. The highest BCUT2D eigenvalue weighted by Gasteiger charge is 2.37. The third-order valence-corrected chi connectivity index (χ3v) is 2.18. The molecule has 5 nitrogen and oxygen atoms in total. The molecule has 5 heteroatoms. The van der Waals surface area contributed by atoms with E-state index in [1.165, 1.54) is 0 Å². The summed E-state index contributed by atoms with van der Waals surface area (Å²) in [6.45, 7) is 1.57. The van der Waals surface area contributed by atoms with Crippen molar-refractivity contribution in [3.05, 3.63) is 0 Å². The van der Waals surface area contributed by atoms with Crippen LogP contribution in [0.5, 0.6) is 0 Å². The van der Waals surface area contributed by atoms with Crippen LogP contribution < -0.4 is 0 Å². The van der Waals surface area contributed by atoms with Crippen LogP contribution in [0.15, 0.2) is 0 Å². The van der Waals surface area contributed by atoms with Crippen LogP contribution in [-0.4, -0.2) is 57.6 Å². The number of rotatable bonds is 2. The third-order valence-electron chi connectivity index (χ3n) is 2.18. The molecule has 0 radical (unpaired) electrons. The Kier molecular flexibility index (Phi) is 3.63. The van der Waals surface area contributed by atoms with Gasteiger partial charge in [0.25, 0.3) is 0 Å². The first-order valence-electron chi connectivity index (χ1n) is 4.36. The molecule has 5 atom stereocenters. The second kappa shape index (κ2) is 4.34. The molecule has 1 rings (SSSR count). The van der Waals surface area contributed by atoms with Gasteiger partial charge in [-0.15, -0.1) is 0 Å². The van der Waals surface area contributed by atoms with Crippen LogP contribution in [-0.2, 0) is 4.74 Å². The first kappa shape index (κ1) is 10.9. The minimum atomic E-state index is -1.18. The summed E-state index contributed by atoms with van der Waals surface area (Å²) < 4.78 is 5.06. The molecule has 0 bridgehead atoms. The predicted octanol–water partition coefficient (Wildman–Crippen LogP) is -1.76. The maximum atomic E-state index is 9.41. The normalized spacial score (nSPS) is 43.2. The molecule has 0 amide bonds. The van der Waals surface area contributed by atoms with Gasteiger partial charge in [-0.05, 0) is 6.92 Å². The van der Waals surface area contributed by atoms with Crippen molar-refractivity contribution in [2.24, 2.45) is 0 Å². The fraction of sp³-hybridized carbons (Fsp3) is 1.00. The van der Waals surface area contributed by atoms with Crippen molar-refractivity contribution < 1.29 is 25.2 Å². The summed E-state index contributed by atoms with van der Waals surface area (Å²) in [5.74, 6) is 0. The van der Waals surface area contributed by atoms with E-state index in [9.17, 15) is 10.2 Å². The zero-order valence-electron chi connectivity index (χ0n) is 7.50. The van der Waals surface area contributed by atoms with E-state index in [4.69, 9.17) is 14.9 Å². The Bertz CT molecular complexity index is 161. The second-order valence-electron chi connectivity index (χ2n) is 3.51. The lowest BCUT2D eigenvalue weighted by Crippen LogP contribution is -2.53. The van der Waals surface area contributed by atoms with E-state index < -0.39 is 30.5 Å². The van der Waals surface area contributed by atoms with Gasteiger partial charge in [0.05, 0.1) is 18.8 Å². The Morgan fingerprint density at radius 1 is 1.31 bits per heavy atom. The first-order chi connectivity index (χ1) is 6.02. The number of ether oxygens (including phenoxy) is 1. The van der Waals surface area contributed by atoms with Crippen molar-refractivity contribution in [3.63, 3.8) is 0 Å². The lowest BCUT2D eigenvalue weighted by Gasteiger charge is -2.35. The highest BCUT2D eigenvalue weighted by molar-refractivity contribution is 4.87. The molecule has 0 spiro atoms. The summed E-state index contributed by atoms with van der Waals surface area (Å²) in [6.07, 6.45) is -4.29. The van der Waals surface area contributed by atoms with Gasteiger partial charge in [-0.1, -0.05) is 0 Å². The Labute approximate surface area is 76.6 Å². The number of aliphatic hydroxyl groups is 4. The predicted molar refractivity (Wildman–Crippen MR) is 44.1 cm³/mol. The molecule has 0 aromatic carbocycles. The van der Waals surface area contributed by atoms with Crippen molar-refractivity contribution in [3.8, 4) is 0 Å². The van der Waals surface area contributed by atoms with Crippen LogP contribution in [0.1, 0.15) is 13.3 Å². The fourth-order valence-electron chi connectivity index (χ4n) is 1.41. The first-order valence-corrected chi connectivity index (χ1v) is 4.36. The van der Waals surface area contributed by atoms with Gasteiger partial charge in [-0.25, -0.2) is 0 Å². The number of hydrogen-bond acceptors (Lipinski definition) is 5. The van der Waals surface area contributed by atoms with Crippen LogP contribution in [0.3, 0.4) is 0 Å². The van der Waals surface area contributed by atoms with Gasteiger partial charge in [0.2, 0.25) is 0 Å². The fourth-order valence-corrected chi connectivity index (χ4v) is 1.41. The van der Waals surface area contributed by atoms with Gasteiger partial charge in [0, 0.05) is 6.42 Å². The molecule has 1 aliphatic heterocycles. The minimum absolute atomic E-state index is 0.00435. The summed E-state index contributed by atoms with van der Waals surface area (Å²) in [5.41, 5.74) is 0. The SMILES string of the molecule is C[C@H](O)CC1OCC(O)C(O)C1O. The topological polar surface area (TPSA) is 90.2 Å². The Morgan fingerprint density at radius 2 is 1.92 bits per heavy atom. The van der Waals surface area contributed by atoms with Gasteiger partial charge in [-0.2, -0.15) is 0 Å². The molecule has 0 aromatic rings. The van der Waals surface area contributed by atoms with Crippen LogP contribution in [0.4, 0.5) is 0 Å². The summed E-state index contributed by atoms with van der Waals surface area (Å²) >= 11 is 0. The molecule has 1 fully saturated rings. The molecule has 1 heterocycles. The van der Waals surface area contributed by atoms with E-state index in [0.29, 0.717) is 0 Å². The maximum absolute atomic E-state index is 9.41. The van der Waals surface area contributed by atoms with Crippen LogP contribution in [0.25, 0.3) is 0 Å². The monoisotopic (exact) mass is 192 g/mol. The van der Waals surface area contributed by atoms with Crippen molar-refractivity contribution in [2.45, 2.75) is 43.9 Å². The molecule has 78 valence electrons. The van der Waals surface area contributed by atoms with Crippen molar-refractivity contribution in [1.29, 1.82) is 0 Å². The molecular weight excluding hydrogens is 176 g/mol. The van der Waals surface area contributed by atoms with Gasteiger partial charge >= 0.3 is 0 Å². The van der Waals surface area contributed by atoms with Gasteiger partial charge in [-0.3, -0.25) is 0 Å². The Morgan fingerprint density at radius 3 is 2.46 bits per heavy atom. The van der Waals surface area contributed by atoms with Crippen LogP contribution >= 0.6 is 0 Å². The Balaban J connectivity index is 2.48.